The van der Waals surface area contributed by atoms with Gasteiger partial charge < -0.3 is 14.7 Å². The molecule has 6 heteroatoms. The van der Waals surface area contributed by atoms with Crippen molar-refractivity contribution >= 4 is 11.8 Å². The van der Waals surface area contributed by atoms with Crippen molar-refractivity contribution in [3.05, 3.63) is 17.0 Å². The van der Waals surface area contributed by atoms with E-state index in [0.29, 0.717) is 19.5 Å². The number of carbonyl (C=O) groups is 2. The van der Waals surface area contributed by atoms with Crippen molar-refractivity contribution in [1.82, 2.24) is 15.4 Å². The van der Waals surface area contributed by atoms with E-state index < -0.39 is 6.04 Å². The van der Waals surface area contributed by atoms with E-state index in [9.17, 15) is 9.59 Å². The number of nitrogens with one attached hydrogen (secondary N) is 1. The molecule has 0 spiro atoms. The number of nitrogens with zero attached hydrogens (tertiary/aromatic N) is 2. The average molecular weight is 293 g/mol. The lowest BCUT2D eigenvalue weighted by molar-refractivity contribution is -0.135. The number of amides is 2. The fourth-order valence-corrected chi connectivity index (χ4v) is 2.55. The summed E-state index contributed by atoms with van der Waals surface area (Å²) in [5.41, 5.74) is 1.73. The second-order valence-corrected chi connectivity index (χ2v) is 5.74. The Bertz CT molecular complexity index is 519. The molecule has 1 N–H and O–H groups in total. The van der Waals surface area contributed by atoms with Crippen molar-refractivity contribution in [3.63, 3.8) is 0 Å². The smallest absolute Gasteiger partial charge is 0.245 e. The third kappa shape index (κ3) is 3.25. The van der Waals surface area contributed by atoms with E-state index in [1.54, 1.807) is 4.90 Å². The number of aryl methyl sites for hydroxylation is 2. The highest BCUT2D eigenvalue weighted by Crippen LogP contribution is 2.19. The van der Waals surface area contributed by atoms with Crippen LogP contribution in [0.4, 0.5) is 0 Å². The van der Waals surface area contributed by atoms with Gasteiger partial charge in [-0.15, -0.1) is 0 Å². The zero-order valence-corrected chi connectivity index (χ0v) is 13.1. The fraction of sp³-hybridized carbons (Fsp3) is 0.667. The van der Waals surface area contributed by atoms with Gasteiger partial charge in [0, 0.05) is 18.5 Å². The molecular formula is C15H23N3O3. The second kappa shape index (κ2) is 6.28. The molecule has 0 radical (unpaired) electrons. The molecule has 1 aromatic heterocycles. The molecule has 0 aliphatic carbocycles. The summed E-state index contributed by atoms with van der Waals surface area (Å²) in [6.07, 6.45) is 1.18. The van der Waals surface area contributed by atoms with Gasteiger partial charge in [-0.3, -0.25) is 9.59 Å². The van der Waals surface area contributed by atoms with E-state index in [1.807, 2.05) is 27.7 Å². The molecule has 116 valence electrons. The SMILES string of the molecule is CCC(C)C1NC(=O)CCN(Cc2c(C)noc2C)C1=O. The fourth-order valence-electron chi connectivity index (χ4n) is 2.55. The minimum absolute atomic E-state index is 0.0183. The van der Waals surface area contributed by atoms with Crippen LogP contribution in [0, 0.1) is 19.8 Å². The third-order valence-electron chi connectivity index (χ3n) is 4.25. The van der Waals surface area contributed by atoms with Gasteiger partial charge in [0.05, 0.1) is 12.2 Å². The van der Waals surface area contributed by atoms with Crippen LogP contribution in [0.3, 0.4) is 0 Å². The largest absolute Gasteiger partial charge is 0.361 e. The Hall–Kier alpha value is -1.85. The first-order valence-electron chi connectivity index (χ1n) is 7.44. The second-order valence-electron chi connectivity index (χ2n) is 5.74. The normalized spacial score (nSPS) is 21.1. The molecule has 1 aromatic rings. The summed E-state index contributed by atoms with van der Waals surface area (Å²) < 4.78 is 5.15. The number of aromatic nitrogens is 1. The molecule has 0 bridgehead atoms. The molecule has 2 rings (SSSR count). The van der Waals surface area contributed by atoms with Crippen LogP contribution in [0.1, 0.15) is 43.7 Å². The van der Waals surface area contributed by atoms with Gasteiger partial charge in [-0.2, -0.15) is 0 Å². The van der Waals surface area contributed by atoms with Gasteiger partial charge in [0.15, 0.2) is 0 Å². The maximum Gasteiger partial charge on any atom is 0.245 e. The Kier molecular flexibility index (Phi) is 4.65. The molecule has 0 aromatic carbocycles. The van der Waals surface area contributed by atoms with Crippen molar-refractivity contribution in [1.29, 1.82) is 0 Å². The summed E-state index contributed by atoms with van der Waals surface area (Å²) in [5, 5.41) is 6.77. The zero-order valence-electron chi connectivity index (χ0n) is 13.1. The lowest BCUT2D eigenvalue weighted by atomic mass is 9.98. The van der Waals surface area contributed by atoms with Gasteiger partial charge in [-0.25, -0.2) is 0 Å². The predicted octanol–water partition coefficient (Wildman–Crippen LogP) is 1.55. The summed E-state index contributed by atoms with van der Waals surface area (Å²) in [5.74, 6) is 0.765. The molecule has 21 heavy (non-hydrogen) atoms. The van der Waals surface area contributed by atoms with E-state index in [4.69, 9.17) is 4.52 Å². The molecular weight excluding hydrogens is 270 g/mol. The van der Waals surface area contributed by atoms with Gasteiger partial charge in [-0.05, 0) is 19.8 Å². The standard InChI is InChI=1S/C15H23N3O3/c1-5-9(2)14-15(20)18(7-6-13(19)16-14)8-12-10(3)17-21-11(12)4/h9,14H,5-8H2,1-4H3,(H,16,19). The molecule has 0 saturated carbocycles. The van der Waals surface area contributed by atoms with E-state index >= 15 is 0 Å². The highest BCUT2D eigenvalue weighted by Gasteiger charge is 2.33. The molecule has 1 aliphatic heterocycles. The van der Waals surface area contributed by atoms with Crippen LogP contribution >= 0.6 is 0 Å². The predicted molar refractivity (Wildman–Crippen MR) is 77.4 cm³/mol. The minimum Gasteiger partial charge on any atom is -0.361 e. The summed E-state index contributed by atoms with van der Waals surface area (Å²) in [6.45, 7) is 8.59. The first-order chi connectivity index (χ1) is 9.93. The molecule has 2 amide bonds. The Balaban J connectivity index is 2.21. The van der Waals surface area contributed by atoms with Crippen molar-refractivity contribution in [3.8, 4) is 0 Å². The van der Waals surface area contributed by atoms with Crippen LogP contribution in [0.15, 0.2) is 4.52 Å². The van der Waals surface area contributed by atoms with Gasteiger partial charge >= 0.3 is 0 Å². The first-order valence-corrected chi connectivity index (χ1v) is 7.44. The number of rotatable bonds is 4. The van der Waals surface area contributed by atoms with E-state index in [1.165, 1.54) is 0 Å². The van der Waals surface area contributed by atoms with Crippen LogP contribution in [-0.4, -0.2) is 34.5 Å². The Labute approximate surface area is 124 Å². The zero-order chi connectivity index (χ0) is 15.6. The van der Waals surface area contributed by atoms with E-state index in [2.05, 4.69) is 10.5 Å². The van der Waals surface area contributed by atoms with Gasteiger partial charge in [0.25, 0.3) is 0 Å². The summed E-state index contributed by atoms with van der Waals surface area (Å²) in [6, 6.07) is -0.439. The van der Waals surface area contributed by atoms with Crippen molar-refractivity contribution < 1.29 is 14.1 Å². The third-order valence-corrected chi connectivity index (χ3v) is 4.25. The number of carbonyl (C=O) groups excluding carboxylic acids is 2. The lowest BCUT2D eigenvalue weighted by Gasteiger charge is -2.27. The highest BCUT2D eigenvalue weighted by molar-refractivity contribution is 5.90. The summed E-state index contributed by atoms with van der Waals surface area (Å²) >= 11 is 0. The lowest BCUT2D eigenvalue weighted by Crippen LogP contribution is -2.48. The van der Waals surface area contributed by atoms with Crippen LogP contribution in [0.25, 0.3) is 0 Å². The molecule has 2 atom stereocenters. The van der Waals surface area contributed by atoms with Crippen molar-refractivity contribution in [2.24, 2.45) is 5.92 Å². The number of hydrogen-bond donors (Lipinski definition) is 1. The molecule has 1 saturated heterocycles. The van der Waals surface area contributed by atoms with E-state index in [0.717, 1.165) is 23.4 Å². The van der Waals surface area contributed by atoms with Gasteiger partial charge in [-0.1, -0.05) is 25.4 Å². The van der Waals surface area contributed by atoms with E-state index in [-0.39, 0.29) is 17.7 Å². The van der Waals surface area contributed by atoms with Crippen LogP contribution in [-0.2, 0) is 16.1 Å². The molecule has 2 unspecified atom stereocenters. The van der Waals surface area contributed by atoms with Crippen LogP contribution in [0.2, 0.25) is 0 Å². The average Bonchev–Trinajstić information content (AvgIpc) is 2.70. The molecule has 2 heterocycles. The first kappa shape index (κ1) is 15.5. The summed E-state index contributed by atoms with van der Waals surface area (Å²) in [7, 11) is 0. The highest BCUT2D eigenvalue weighted by atomic mass is 16.5. The Morgan fingerprint density at radius 3 is 2.71 bits per heavy atom. The van der Waals surface area contributed by atoms with Crippen LogP contribution in [0.5, 0.6) is 0 Å². The molecule has 6 nitrogen and oxygen atoms in total. The van der Waals surface area contributed by atoms with Crippen LogP contribution < -0.4 is 5.32 Å². The van der Waals surface area contributed by atoms with Gasteiger partial charge in [0.2, 0.25) is 11.8 Å². The van der Waals surface area contributed by atoms with Gasteiger partial charge in [0.1, 0.15) is 11.8 Å². The molecule has 1 aliphatic rings. The Morgan fingerprint density at radius 2 is 2.14 bits per heavy atom. The quantitative estimate of drug-likeness (QED) is 0.914. The monoisotopic (exact) mass is 293 g/mol. The minimum atomic E-state index is -0.439. The molecule has 1 fully saturated rings. The topological polar surface area (TPSA) is 75.4 Å². The van der Waals surface area contributed by atoms with Crippen molar-refractivity contribution in [2.75, 3.05) is 6.54 Å². The maximum atomic E-state index is 12.7. The van der Waals surface area contributed by atoms with Crippen molar-refractivity contribution in [2.45, 2.75) is 53.1 Å². The maximum absolute atomic E-state index is 12.7. The summed E-state index contributed by atoms with van der Waals surface area (Å²) in [4.78, 5) is 26.3. The Morgan fingerprint density at radius 1 is 1.43 bits per heavy atom. The number of hydrogen-bond acceptors (Lipinski definition) is 4.